The predicted molar refractivity (Wildman–Crippen MR) is 157 cm³/mol. The second-order valence-corrected chi connectivity index (χ2v) is 12.3. The summed E-state index contributed by atoms with van der Waals surface area (Å²) in [6, 6.07) is 14.9. The van der Waals surface area contributed by atoms with Crippen molar-refractivity contribution in [3.05, 3.63) is 72.2 Å². The molecular weight excluding hydrogens is 576 g/mol. The average molecular weight is 613 g/mol. The highest BCUT2D eigenvalue weighted by Crippen LogP contribution is 2.33. The zero-order valence-electron chi connectivity index (χ0n) is 24.1. The van der Waals surface area contributed by atoms with Gasteiger partial charge in [0, 0.05) is 38.8 Å². The maximum absolute atomic E-state index is 13.9. The van der Waals surface area contributed by atoms with Crippen LogP contribution in [0.25, 0.3) is 0 Å². The normalized spacial score (nSPS) is 15.0. The van der Waals surface area contributed by atoms with Crippen LogP contribution in [0.5, 0.6) is 11.5 Å². The van der Waals surface area contributed by atoms with Crippen LogP contribution < -0.4 is 14.8 Å². The third kappa shape index (κ3) is 8.14. The van der Waals surface area contributed by atoms with Crippen LogP contribution in [-0.4, -0.2) is 87.1 Å². The van der Waals surface area contributed by atoms with Gasteiger partial charge in [0.05, 0.1) is 37.5 Å². The van der Waals surface area contributed by atoms with Gasteiger partial charge < -0.3 is 28.8 Å². The fourth-order valence-corrected chi connectivity index (χ4v) is 6.40. The Bertz CT molecular complexity index is 1490. The summed E-state index contributed by atoms with van der Waals surface area (Å²) in [5.74, 6) is 1.17. The summed E-state index contributed by atoms with van der Waals surface area (Å²) in [6.07, 6.45) is 2.07. The fourth-order valence-electron chi connectivity index (χ4n) is 4.98. The van der Waals surface area contributed by atoms with Crippen molar-refractivity contribution >= 4 is 27.5 Å². The Morgan fingerprint density at radius 2 is 1.74 bits per heavy atom. The lowest BCUT2D eigenvalue weighted by atomic mass is 10.2. The zero-order valence-corrected chi connectivity index (χ0v) is 24.9. The second kappa shape index (κ2) is 14.0. The van der Waals surface area contributed by atoms with Crippen molar-refractivity contribution in [3.8, 4) is 11.5 Å². The van der Waals surface area contributed by atoms with Gasteiger partial charge in [-0.05, 0) is 67.1 Å². The molecule has 0 bridgehead atoms. The third-order valence-corrected chi connectivity index (χ3v) is 9.06. The van der Waals surface area contributed by atoms with Gasteiger partial charge in [-0.15, -0.1) is 0 Å². The molecule has 0 saturated carbocycles. The van der Waals surface area contributed by atoms with E-state index >= 15 is 0 Å². The molecule has 2 aliphatic heterocycles. The van der Waals surface area contributed by atoms with E-state index in [2.05, 4.69) is 10.2 Å². The van der Waals surface area contributed by atoms with Gasteiger partial charge in [-0.3, -0.25) is 14.5 Å². The summed E-state index contributed by atoms with van der Waals surface area (Å²) in [7, 11) is -4.05. The molecule has 1 N–H and O–H groups in total. The number of morpholine rings is 1. The van der Waals surface area contributed by atoms with E-state index in [-0.39, 0.29) is 49.7 Å². The van der Waals surface area contributed by atoms with Crippen molar-refractivity contribution in [1.82, 2.24) is 14.1 Å². The Kier molecular flexibility index (Phi) is 9.97. The van der Waals surface area contributed by atoms with Crippen LogP contribution in [0.2, 0.25) is 0 Å². The number of rotatable bonds is 13. The predicted octanol–water partition coefficient (Wildman–Crippen LogP) is 2.91. The number of hydrogen-bond donors (Lipinski definition) is 1. The molecule has 1 fully saturated rings. The maximum atomic E-state index is 13.9. The number of carbonyl (C=O) groups excluding carboxylic acids is 2. The van der Waals surface area contributed by atoms with E-state index in [1.165, 1.54) is 41.8 Å². The molecule has 0 unspecified atom stereocenters. The molecule has 12 nitrogen and oxygen atoms in total. The Morgan fingerprint density at radius 3 is 2.47 bits per heavy atom. The minimum Gasteiger partial charge on any atom is -0.467 e. The summed E-state index contributed by atoms with van der Waals surface area (Å²) >= 11 is 0. The van der Waals surface area contributed by atoms with Crippen LogP contribution >= 0.6 is 0 Å². The monoisotopic (exact) mass is 612 g/mol. The number of nitrogens with zero attached hydrogens (tertiary/aromatic N) is 3. The van der Waals surface area contributed by atoms with Crippen molar-refractivity contribution in [2.24, 2.45) is 0 Å². The fraction of sp³-hybridized carbons (Fsp3) is 0.400. The molecule has 1 aromatic heterocycles. The Morgan fingerprint density at radius 1 is 0.977 bits per heavy atom. The molecular formula is C30H36N4O8S. The lowest BCUT2D eigenvalue weighted by molar-refractivity contribution is -0.133. The first-order valence-electron chi connectivity index (χ1n) is 14.1. The molecule has 0 radical (unpaired) electrons. The van der Waals surface area contributed by atoms with E-state index in [1.54, 1.807) is 23.1 Å². The van der Waals surface area contributed by atoms with Gasteiger partial charge in [-0.2, -0.15) is 4.31 Å². The van der Waals surface area contributed by atoms with Crippen molar-refractivity contribution in [2.45, 2.75) is 31.3 Å². The van der Waals surface area contributed by atoms with Gasteiger partial charge in [0.25, 0.3) is 0 Å². The molecule has 2 amide bonds. The standard InChI is InChI=1S/C30H36N4O8S/c1-23(35)31-25-6-8-27(9-7-25)43(37,38)34(12-3-11-32-13-16-39-17-14-32)21-30(36)33(20-26-4-2-15-40-26)19-24-5-10-28-29(18-24)42-22-41-28/h2,4-10,15,18H,3,11-14,16-17,19-22H2,1H3,(H,31,35). The molecule has 13 heteroatoms. The van der Waals surface area contributed by atoms with Crippen LogP contribution in [0.15, 0.2) is 70.2 Å². The largest absolute Gasteiger partial charge is 0.467 e. The molecule has 43 heavy (non-hydrogen) atoms. The molecule has 3 aromatic rings. The minimum absolute atomic E-state index is 0.0362. The number of sulfonamides is 1. The Balaban J connectivity index is 1.36. The second-order valence-electron chi connectivity index (χ2n) is 10.4. The lowest BCUT2D eigenvalue weighted by Crippen LogP contribution is -2.44. The van der Waals surface area contributed by atoms with E-state index in [1.807, 2.05) is 12.1 Å². The van der Waals surface area contributed by atoms with Crippen molar-refractivity contribution in [2.75, 3.05) is 58.0 Å². The number of fused-ring (bicyclic) bond motifs is 1. The topological polar surface area (TPSA) is 131 Å². The number of ether oxygens (including phenoxy) is 3. The molecule has 230 valence electrons. The smallest absolute Gasteiger partial charge is 0.243 e. The van der Waals surface area contributed by atoms with Crippen molar-refractivity contribution in [3.63, 3.8) is 0 Å². The minimum atomic E-state index is -4.05. The molecule has 0 spiro atoms. The van der Waals surface area contributed by atoms with Gasteiger partial charge in [0.1, 0.15) is 5.76 Å². The van der Waals surface area contributed by atoms with Gasteiger partial charge in [-0.25, -0.2) is 8.42 Å². The number of furan rings is 1. The summed E-state index contributed by atoms with van der Waals surface area (Å²) in [5.41, 5.74) is 1.29. The number of amides is 2. The van der Waals surface area contributed by atoms with Gasteiger partial charge in [0.15, 0.2) is 11.5 Å². The van der Waals surface area contributed by atoms with E-state index in [0.717, 1.165) is 18.7 Å². The van der Waals surface area contributed by atoms with Gasteiger partial charge >= 0.3 is 0 Å². The van der Waals surface area contributed by atoms with Crippen LogP contribution in [0.4, 0.5) is 5.69 Å². The van der Waals surface area contributed by atoms with Crippen LogP contribution in [0, 0.1) is 0 Å². The quantitative estimate of drug-likeness (QED) is 0.310. The summed E-state index contributed by atoms with van der Waals surface area (Å²) in [6.45, 7) is 5.20. The summed E-state index contributed by atoms with van der Waals surface area (Å²) in [5, 5.41) is 2.64. The molecule has 5 rings (SSSR count). The average Bonchev–Trinajstić information content (AvgIpc) is 3.69. The molecule has 3 heterocycles. The number of benzene rings is 2. The van der Waals surface area contributed by atoms with E-state index < -0.39 is 10.0 Å². The third-order valence-electron chi connectivity index (χ3n) is 7.20. The molecule has 1 saturated heterocycles. The van der Waals surface area contributed by atoms with Gasteiger partial charge in [-0.1, -0.05) is 6.07 Å². The number of hydrogen-bond acceptors (Lipinski definition) is 9. The van der Waals surface area contributed by atoms with Crippen LogP contribution in [-0.2, 0) is 37.4 Å². The number of anilines is 1. The Hall–Kier alpha value is -3.91. The Labute approximate surface area is 251 Å². The van der Waals surface area contributed by atoms with Crippen molar-refractivity contribution in [1.29, 1.82) is 0 Å². The molecule has 2 aliphatic rings. The first-order valence-corrected chi connectivity index (χ1v) is 15.6. The summed E-state index contributed by atoms with van der Waals surface area (Å²) < 4.78 is 50.9. The van der Waals surface area contributed by atoms with Crippen LogP contribution in [0.3, 0.4) is 0 Å². The van der Waals surface area contributed by atoms with Crippen molar-refractivity contribution < 1.29 is 36.6 Å². The highest BCUT2D eigenvalue weighted by molar-refractivity contribution is 7.89. The highest BCUT2D eigenvalue weighted by Gasteiger charge is 2.29. The molecule has 2 aromatic carbocycles. The molecule has 0 aliphatic carbocycles. The molecule has 0 atom stereocenters. The summed E-state index contributed by atoms with van der Waals surface area (Å²) in [4.78, 5) is 29.1. The van der Waals surface area contributed by atoms with E-state index in [0.29, 0.717) is 49.1 Å². The van der Waals surface area contributed by atoms with E-state index in [4.69, 9.17) is 18.6 Å². The zero-order chi connectivity index (χ0) is 30.2. The maximum Gasteiger partial charge on any atom is 0.243 e. The number of carbonyl (C=O) groups is 2. The lowest BCUT2D eigenvalue weighted by Gasteiger charge is -2.29. The first kappa shape index (κ1) is 30.5. The number of nitrogens with one attached hydrogen (secondary N) is 1. The first-order chi connectivity index (χ1) is 20.8. The SMILES string of the molecule is CC(=O)Nc1ccc(S(=O)(=O)N(CCCN2CCOCC2)CC(=O)N(Cc2ccc3c(c2)OCO3)Cc2ccco2)cc1. The van der Waals surface area contributed by atoms with Crippen LogP contribution in [0.1, 0.15) is 24.7 Å². The van der Waals surface area contributed by atoms with E-state index in [9.17, 15) is 18.0 Å². The highest BCUT2D eigenvalue weighted by atomic mass is 32.2. The van der Waals surface area contributed by atoms with Gasteiger partial charge in [0.2, 0.25) is 28.6 Å².